The van der Waals surface area contributed by atoms with Crippen LogP contribution in [0.15, 0.2) is 53.1 Å². The molecule has 12 heteroatoms. The molecular formula is C29H40ClN5O5S. The second-order valence-electron chi connectivity index (χ2n) is 10.3. The number of hydrogen-bond donors (Lipinski definition) is 2. The lowest BCUT2D eigenvalue weighted by Crippen LogP contribution is -2.49. The molecule has 3 aromatic rings. The third kappa shape index (κ3) is 9.37. The number of nitrogens with zero attached hydrogens (tertiary/aromatic N) is 3. The van der Waals surface area contributed by atoms with Crippen molar-refractivity contribution in [3.8, 4) is 11.5 Å². The first kappa shape index (κ1) is 32.2. The van der Waals surface area contributed by atoms with Crippen molar-refractivity contribution in [2.45, 2.75) is 59.0 Å². The van der Waals surface area contributed by atoms with E-state index in [2.05, 4.69) is 39.2 Å². The fourth-order valence-corrected chi connectivity index (χ4v) is 5.41. The van der Waals surface area contributed by atoms with E-state index in [0.29, 0.717) is 29.5 Å². The summed E-state index contributed by atoms with van der Waals surface area (Å²) in [6.45, 7) is 9.09. The van der Waals surface area contributed by atoms with Crippen LogP contribution >= 0.6 is 12.4 Å². The van der Waals surface area contributed by atoms with Crippen LogP contribution < -0.4 is 19.7 Å². The first-order valence-electron chi connectivity index (χ1n) is 13.7. The average molecular weight is 606 g/mol. The maximum Gasteiger partial charge on any atom is 0.322 e. The van der Waals surface area contributed by atoms with Crippen LogP contribution in [-0.2, 0) is 16.6 Å². The SMILES string of the molecule is CCCCN(C(=O)NC1CCN(Cc2ccc(Oc3ccc(NS(C)(=O)=O)cc3)cc2)CC1)c1c(C)noc1C.Cl. The number of carbonyl (C=O) groups excluding carboxylic acids is 1. The Labute approximate surface area is 248 Å². The number of carbonyl (C=O) groups is 1. The topological polar surface area (TPSA) is 117 Å². The van der Waals surface area contributed by atoms with E-state index >= 15 is 0 Å². The number of urea groups is 1. The van der Waals surface area contributed by atoms with Crippen LogP contribution in [0.25, 0.3) is 0 Å². The van der Waals surface area contributed by atoms with Gasteiger partial charge in [-0.05, 0) is 75.1 Å². The lowest BCUT2D eigenvalue weighted by molar-refractivity contribution is 0.188. The standard InChI is InChI=1S/C29H39N5O5S.ClH/c1-5-6-17-34(28-21(2)31-39-22(28)3)29(35)30-24-15-18-33(19-16-24)20-23-7-11-26(12-8-23)38-27-13-9-25(10-14-27)32-40(4,36)37;/h7-14,24,32H,5-6,15-20H2,1-4H3,(H,30,35);1H. The Hall–Kier alpha value is -3.28. The smallest absolute Gasteiger partial charge is 0.322 e. The average Bonchev–Trinajstić information content (AvgIpc) is 3.24. The summed E-state index contributed by atoms with van der Waals surface area (Å²) >= 11 is 0. The number of rotatable bonds is 11. The van der Waals surface area contributed by atoms with Crippen molar-refractivity contribution in [1.82, 2.24) is 15.4 Å². The molecule has 224 valence electrons. The number of benzene rings is 2. The highest BCUT2D eigenvalue weighted by Crippen LogP contribution is 2.26. The van der Waals surface area contributed by atoms with Crippen LogP contribution in [-0.4, -0.2) is 56.4 Å². The molecule has 1 aliphatic heterocycles. The molecule has 10 nitrogen and oxygen atoms in total. The summed E-state index contributed by atoms with van der Waals surface area (Å²) in [5.41, 5.74) is 3.18. The predicted molar refractivity (Wildman–Crippen MR) is 164 cm³/mol. The van der Waals surface area contributed by atoms with Gasteiger partial charge in [0.1, 0.15) is 22.9 Å². The normalized spacial score (nSPS) is 14.2. The van der Waals surface area contributed by atoms with Gasteiger partial charge in [-0.1, -0.05) is 30.6 Å². The fourth-order valence-electron chi connectivity index (χ4n) is 4.84. The molecular weight excluding hydrogens is 566 g/mol. The van der Waals surface area contributed by atoms with E-state index in [4.69, 9.17) is 9.26 Å². The number of aromatic nitrogens is 1. The van der Waals surface area contributed by atoms with Crippen LogP contribution in [0.5, 0.6) is 11.5 Å². The molecule has 1 aromatic heterocycles. The van der Waals surface area contributed by atoms with Gasteiger partial charge in [-0.25, -0.2) is 13.2 Å². The minimum absolute atomic E-state index is 0. The maximum absolute atomic E-state index is 13.2. The van der Waals surface area contributed by atoms with Crippen molar-refractivity contribution in [3.63, 3.8) is 0 Å². The van der Waals surface area contributed by atoms with Crippen molar-refractivity contribution in [3.05, 3.63) is 65.5 Å². The molecule has 2 amide bonds. The van der Waals surface area contributed by atoms with Crippen molar-refractivity contribution in [2.75, 3.05) is 35.5 Å². The van der Waals surface area contributed by atoms with Crippen molar-refractivity contribution in [2.24, 2.45) is 0 Å². The second kappa shape index (κ2) is 14.6. The first-order chi connectivity index (χ1) is 19.1. The van der Waals surface area contributed by atoms with Crippen molar-refractivity contribution >= 4 is 39.8 Å². The minimum atomic E-state index is -3.31. The molecule has 0 spiro atoms. The molecule has 0 radical (unpaired) electrons. The number of ether oxygens (including phenoxy) is 1. The van der Waals surface area contributed by atoms with Crippen molar-refractivity contribution < 1.29 is 22.5 Å². The summed E-state index contributed by atoms with van der Waals surface area (Å²) in [4.78, 5) is 17.4. The summed E-state index contributed by atoms with van der Waals surface area (Å²) in [7, 11) is -3.31. The van der Waals surface area contributed by atoms with Crippen molar-refractivity contribution in [1.29, 1.82) is 0 Å². The summed E-state index contributed by atoms with van der Waals surface area (Å²) in [6.07, 6.45) is 4.80. The van der Waals surface area contributed by atoms with E-state index in [0.717, 1.165) is 63.0 Å². The van der Waals surface area contributed by atoms with Crippen LogP contribution in [0.3, 0.4) is 0 Å². The van der Waals surface area contributed by atoms with Crippen LogP contribution in [0.2, 0.25) is 0 Å². The zero-order valence-electron chi connectivity index (χ0n) is 24.1. The van der Waals surface area contributed by atoms with Gasteiger partial charge in [0.05, 0.1) is 6.26 Å². The number of halogens is 1. The summed E-state index contributed by atoms with van der Waals surface area (Å²) in [6, 6.07) is 14.8. The number of nitrogens with one attached hydrogen (secondary N) is 2. The molecule has 1 fully saturated rings. The van der Waals surface area contributed by atoms with E-state index in [-0.39, 0.29) is 24.5 Å². The van der Waals surface area contributed by atoms with Gasteiger partial charge in [-0.2, -0.15) is 0 Å². The highest BCUT2D eigenvalue weighted by molar-refractivity contribution is 7.92. The zero-order chi connectivity index (χ0) is 28.7. The van der Waals surface area contributed by atoms with Crippen LogP contribution in [0, 0.1) is 13.8 Å². The van der Waals surface area contributed by atoms with Gasteiger partial charge in [0.25, 0.3) is 0 Å². The second-order valence-corrected chi connectivity index (χ2v) is 12.1. The number of likely N-dealkylation sites (tertiary alicyclic amines) is 1. The monoisotopic (exact) mass is 605 g/mol. The van der Waals surface area contributed by atoms with Gasteiger partial charge in [-0.15, -0.1) is 12.4 Å². The highest BCUT2D eigenvalue weighted by Gasteiger charge is 2.26. The van der Waals surface area contributed by atoms with Gasteiger partial charge in [0.15, 0.2) is 5.76 Å². The Bertz CT molecular complexity index is 1350. The fraction of sp³-hybridized carbons (Fsp3) is 0.448. The quantitative estimate of drug-likeness (QED) is 0.281. The first-order valence-corrected chi connectivity index (χ1v) is 15.6. The van der Waals surface area contributed by atoms with Gasteiger partial charge in [0.2, 0.25) is 10.0 Å². The van der Waals surface area contributed by atoms with E-state index in [1.54, 1.807) is 29.2 Å². The Kier molecular flexibility index (Phi) is 11.5. The third-order valence-electron chi connectivity index (χ3n) is 6.88. The van der Waals surface area contributed by atoms with E-state index in [1.807, 2.05) is 26.0 Å². The third-order valence-corrected chi connectivity index (χ3v) is 7.49. The Balaban J connectivity index is 0.00000462. The molecule has 41 heavy (non-hydrogen) atoms. The van der Waals surface area contributed by atoms with E-state index in [1.165, 1.54) is 5.56 Å². The summed E-state index contributed by atoms with van der Waals surface area (Å²) in [5, 5.41) is 7.27. The summed E-state index contributed by atoms with van der Waals surface area (Å²) < 4.78 is 36.4. The largest absolute Gasteiger partial charge is 0.457 e. The maximum atomic E-state index is 13.2. The predicted octanol–water partition coefficient (Wildman–Crippen LogP) is 5.86. The number of unbranched alkanes of at least 4 members (excludes halogenated alkanes) is 1. The molecule has 2 heterocycles. The highest BCUT2D eigenvalue weighted by atomic mass is 35.5. The van der Waals surface area contributed by atoms with E-state index in [9.17, 15) is 13.2 Å². The lowest BCUT2D eigenvalue weighted by atomic mass is 10.0. The molecule has 2 aromatic carbocycles. The molecule has 1 saturated heterocycles. The number of sulfonamides is 1. The molecule has 2 N–H and O–H groups in total. The lowest BCUT2D eigenvalue weighted by Gasteiger charge is -2.33. The van der Waals surface area contributed by atoms with Gasteiger partial charge in [-0.3, -0.25) is 14.5 Å². The molecule has 4 rings (SSSR count). The number of piperidine rings is 1. The molecule has 0 saturated carbocycles. The molecule has 0 atom stereocenters. The number of amides is 2. The molecule has 1 aliphatic rings. The number of hydrogen-bond acceptors (Lipinski definition) is 7. The Morgan fingerprint density at radius 1 is 1.07 bits per heavy atom. The molecule has 0 unspecified atom stereocenters. The van der Waals surface area contributed by atoms with Gasteiger partial charge < -0.3 is 14.6 Å². The number of anilines is 2. The van der Waals surface area contributed by atoms with Gasteiger partial charge >= 0.3 is 6.03 Å². The van der Waals surface area contributed by atoms with Crippen LogP contribution in [0.1, 0.15) is 49.6 Å². The van der Waals surface area contributed by atoms with Gasteiger partial charge in [0, 0.05) is 37.9 Å². The minimum Gasteiger partial charge on any atom is -0.457 e. The Morgan fingerprint density at radius 3 is 2.22 bits per heavy atom. The zero-order valence-corrected chi connectivity index (χ0v) is 25.7. The molecule has 0 aliphatic carbocycles. The Morgan fingerprint density at radius 2 is 1.68 bits per heavy atom. The number of aryl methyl sites for hydroxylation is 2. The van der Waals surface area contributed by atoms with E-state index < -0.39 is 10.0 Å². The molecule has 0 bridgehead atoms. The van der Waals surface area contributed by atoms with Crippen LogP contribution in [0.4, 0.5) is 16.2 Å². The summed E-state index contributed by atoms with van der Waals surface area (Å²) in [5.74, 6) is 1.99.